The molecule has 1 aromatic heterocycles. The van der Waals surface area contributed by atoms with Crippen LogP contribution in [0.15, 0.2) is 35.0 Å². The average molecular weight is 230 g/mol. The first kappa shape index (κ1) is 11.2. The van der Waals surface area contributed by atoms with E-state index in [-0.39, 0.29) is 12.1 Å². The topological polar surface area (TPSA) is 79.6 Å². The van der Waals surface area contributed by atoms with Gasteiger partial charge in [-0.15, -0.1) is 0 Å². The second-order valence-electron chi connectivity index (χ2n) is 3.68. The molecule has 0 bridgehead atoms. The lowest BCUT2D eigenvalue weighted by molar-refractivity contribution is -0.134. The molecule has 1 aliphatic rings. The Morgan fingerprint density at radius 2 is 2.18 bits per heavy atom. The maximum absolute atomic E-state index is 11.3. The van der Waals surface area contributed by atoms with E-state index in [0.29, 0.717) is 11.3 Å². The van der Waals surface area contributed by atoms with E-state index in [1.54, 1.807) is 12.3 Å². The molecule has 5 heteroatoms. The van der Waals surface area contributed by atoms with Crippen molar-refractivity contribution in [1.82, 2.24) is 4.98 Å². The van der Waals surface area contributed by atoms with Crippen LogP contribution in [-0.4, -0.2) is 34.1 Å². The lowest BCUT2D eigenvalue weighted by Gasteiger charge is -2.09. The Bertz CT molecular complexity index is 541. The number of aliphatic carboxylic acids is 1. The Morgan fingerprint density at radius 1 is 1.41 bits per heavy atom. The Balaban J connectivity index is 2.38. The van der Waals surface area contributed by atoms with Gasteiger partial charge in [-0.25, -0.2) is 4.79 Å². The van der Waals surface area contributed by atoms with Gasteiger partial charge >= 0.3 is 5.97 Å². The Labute approximate surface area is 97.5 Å². The van der Waals surface area contributed by atoms with Crippen LogP contribution in [0.1, 0.15) is 11.3 Å². The average Bonchev–Trinajstić information content (AvgIpc) is 2.30. The molecule has 0 spiro atoms. The highest BCUT2D eigenvalue weighted by atomic mass is 16.4. The molecule has 0 amide bonds. The Kier molecular flexibility index (Phi) is 2.82. The van der Waals surface area contributed by atoms with Crippen LogP contribution in [0.3, 0.4) is 0 Å². The van der Waals surface area contributed by atoms with Crippen LogP contribution in [0.5, 0.6) is 0 Å². The summed E-state index contributed by atoms with van der Waals surface area (Å²) >= 11 is 0. The van der Waals surface area contributed by atoms with Crippen LogP contribution in [0.4, 0.5) is 0 Å². The number of aliphatic imine (C=N–C) groups is 1. The fourth-order valence-electron chi connectivity index (χ4n) is 1.48. The largest absolute Gasteiger partial charge is 0.478 e. The number of hydrogen-bond donors (Lipinski definition) is 1. The van der Waals surface area contributed by atoms with Gasteiger partial charge in [0.25, 0.3) is 0 Å². The molecule has 0 aromatic carbocycles. The van der Waals surface area contributed by atoms with Gasteiger partial charge in [-0.05, 0) is 25.1 Å². The van der Waals surface area contributed by atoms with Gasteiger partial charge in [0.05, 0.1) is 5.71 Å². The summed E-state index contributed by atoms with van der Waals surface area (Å²) in [5, 5.41) is 8.86. The van der Waals surface area contributed by atoms with Crippen molar-refractivity contribution in [1.29, 1.82) is 0 Å². The fourth-order valence-corrected chi connectivity index (χ4v) is 1.48. The van der Waals surface area contributed by atoms with Crippen molar-refractivity contribution in [2.45, 2.75) is 6.92 Å². The molecule has 0 saturated carbocycles. The predicted molar refractivity (Wildman–Crippen MR) is 61.1 cm³/mol. The SMILES string of the molecule is Cc1ccc(C2=NCC(=O)C(C(=O)O)=C2)cn1. The zero-order chi connectivity index (χ0) is 12.4. The summed E-state index contributed by atoms with van der Waals surface area (Å²) in [6, 6.07) is 3.61. The predicted octanol–water partition coefficient (Wildman–Crippen LogP) is 0.773. The van der Waals surface area contributed by atoms with Gasteiger partial charge in [-0.2, -0.15) is 0 Å². The molecule has 86 valence electrons. The number of ketones is 1. The van der Waals surface area contributed by atoms with E-state index in [1.807, 2.05) is 13.0 Å². The van der Waals surface area contributed by atoms with Gasteiger partial charge in [-0.3, -0.25) is 14.8 Å². The molecular weight excluding hydrogens is 220 g/mol. The summed E-state index contributed by atoms with van der Waals surface area (Å²) in [5.41, 5.74) is 1.83. The molecule has 0 unspecified atom stereocenters. The summed E-state index contributed by atoms with van der Waals surface area (Å²) in [6.07, 6.45) is 2.90. The number of Topliss-reactive ketones (excluding diaryl/α,β-unsaturated/α-hetero) is 1. The third-order valence-corrected chi connectivity index (χ3v) is 2.41. The van der Waals surface area contributed by atoms with Crippen LogP contribution < -0.4 is 0 Å². The van der Waals surface area contributed by atoms with E-state index in [4.69, 9.17) is 5.11 Å². The minimum atomic E-state index is -1.22. The van der Waals surface area contributed by atoms with Crippen LogP contribution in [0.2, 0.25) is 0 Å². The number of nitrogens with zero attached hydrogens (tertiary/aromatic N) is 2. The Hall–Kier alpha value is -2.30. The van der Waals surface area contributed by atoms with E-state index < -0.39 is 11.8 Å². The quantitative estimate of drug-likeness (QED) is 0.761. The third kappa shape index (κ3) is 2.28. The number of aryl methyl sites for hydroxylation is 1. The van der Waals surface area contributed by atoms with Gasteiger partial charge in [0, 0.05) is 17.5 Å². The second kappa shape index (κ2) is 4.29. The molecule has 1 N–H and O–H groups in total. The second-order valence-corrected chi connectivity index (χ2v) is 3.68. The molecule has 0 fully saturated rings. The van der Waals surface area contributed by atoms with Crippen molar-refractivity contribution in [3.63, 3.8) is 0 Å². The first-order valence-corrected chi connectivity index (χ1v) is 5.03. The standard InChI is InChI=1S/C12H10N2O3/c1-7-2-3-8(5-13-7)10-4-9(12(16)17)11(15)6-14-10/h2-5H,6H2,1H3,(H,16,17). The Morgan fingerprint density at radius 3 is 2.76 bits per heavy atom. The van der Waals surface area contributed by atoms with E-state index in [2.05, 4.69) is 9.98 Å². The van der Waals surface area contributed by atoms with Crippen LogP contribution >= 0.6 is 0 Å². The summed E-state index contributed by atoms with van der Waals surface area (Å²) < 4.78 is 0. The van der Waals surface area contributed by atoms with Crippen LogP contribution in [0.25, 0.3) is 0 Å². The lowest BCUT2D eigenvalue weighted by atomic mass is 10.0. The van der Waals surface area contributed by atoms with E-state index in [9.17, 15) is 9.59 Å². The van der Waals surface area contributed by atoms with Crippen LogP contribution in [0, 0.1) is 6.92 Å². The van der Waals surface area contributed by atoms with Gasteiger partial charge in [-0.1, -0.05) is 0 Å². The molecule has 0 atom stereocenters. The van der Waals surface area contributed by atoms with Crippen LogP contribution in [-0.2, 0) is 9.59 Å². The molecule has 1 aromatic rings. The van der Waals surface area contributed by atoms with E-state index in [0.717, 1.165) is 5.69 Å². The summed E-state index contributed by atoms with van der Waals surface area (Å²) in [6.45, 7) is 1.73. The smallest absolute Gasteiger partial charge is 0.339 e. The molecule has 0 radical (unpaired) electrons. The van der Waals surface area contributed by atoms with E-state index in [1.165, 1.54) is 6.08 Å². The summed E-state index contributed by atoms with van der Waals surface area (Å²) in [4.78, 5) is 30.3. The number of carboxylic acid groups (broad SMARTS) is 1. The van der Waals surface area contributed by atoms with Crippen molar-refractivity contribution in [3.8, 4) is 0 Å². The number of hydrogen-bond acceptors (Lipinski definition) is 4. The minimum absolute atomic E-state index is 0.124. The number of carbonyl (C=O) groups excluding carboxylic acids is 1. The highest BCUT2D eigenvalue weighted by Crippen LogP contribution is 2.11. The van der Waals surface area contributed by atoms with Gasteiger partial charge < -0.3 is 5.11 Å². The first-order chi connectivity index (χ1) is 8.08. The molecule has 1 aliphatic heterocycles. The lowest BCUT2D eigenvalue weighted by Crippen LogP contribution is -2.21. The minimum Gasteiger partial charge on any atom is -0.478 e. The maximum atomic E-state index is 11.3. The van der Waals surface area contributed by atoms with Gasteiger partial charge in [0.2, 0.25) is 0 Å². The summed E-state index contributed by atoms with van der Waals surface area (Å²) in [5.74, 6) is -1.69. The first-order valence-electron chi connectivity index (χ1n) is 5.03. The third-order valence-electron chi connectivity index (χ3n) is 2.41. The monoisotopic (exact) mass is 230 g/mol. The van der Waals surface area contributed by atoms with Crippen molar-refractivity contribution in [2.24, 2.45) is 4.99 Å². The zero-order valence-electron chi connectivity index (χ0n) is 9.17. The molecule has 2 rings (SSSR count). The highest BCUT2D eigenvalue weighted by molar-refractivity contribution is 6.26. The normalized spacial score (nSPS) is 15.2. The van der Waals surface area contributed by atoms with Crippen molar-refractivity contribution in [2.75, 3.05) is 6.54 Å². The molecule has 0 saturated heterocycles. The number of pyridine rings is 1. The number of rotatable bonds is 2. The number of aromatic nitrogens is 1. The molecular formula is C12H10N2O3. The molecule has 2 heterocycles. The molecule has 0 aliphatic carbocycles. The van der Waals surface area contributed by atoms with Gasteiger partial charge in [0.15, 0.2) is 5.78 Å². The number of carboxylic acids is 1. The maximum Gasteiger partial charge on any atom is 0.339 e. The van der Waals surface area contributed by atoms with Gasteiger partial charge in [0.1, 0.15) is 12.1 Å². The number of allylic oxidation sites excluding steroid dienone is 1. The summed E-state index contributed by atoms with van der Waals surface area (Å²) in [7, 11) is 0. The zero-order valence-corrected chi connectivity index (χ0v) is 9.17. The van der Waals surface area contributed by atoms with Crippen molar-refractivity contribution < 1.29 is 14.7 Å². The van der Waals surface area contributed by atoms with Crippen molar-refractivity contribution in [3.05, 3.63) is 41.2 Å². The van der Waals surface area contributed by atoms with E-state index >= 15 is 0 Å². The van der Waals surface area contributed by atoms with Crippen molar-refractivity contribution >= 4 is 17.5 Å². The molecule has 5 nitrogen and oxygen atoms in total. The number of carbonyl (C=O) groups is 2. The molecule has 17 heavy (non-hydrogen) atoms. The fraction of sp³-hybridized carbons (Fsp3) is 0.167. The highest BCUT2D eigenvalue weighted by Gasteiger charge is 2.21. The number of dihydropyridines is 1.